The number of carbonyl (C=O) groups excluding carboxylic acids is 1. The molecule has 182 valence electrons. The number of nitrogens with zero attached hydrogens (tertiary/aromatic N) is 1. The summed E-state index contributed by atoms with van der Waals surface area (Å²) in [7, 11) is 0. The number of halogens is 2. The lowest BCUT2D eigenvalue weighted by Gasteiger charge is -2.52. The SMILES string of the molecule is C=CC[C@@]1(C)C[C@H](c2cccc(Cl)c2)C(c2ccc(Cl)cc2)N([C@@H](CC)COCC2CC2)C1=O. The van der Waals surface area contributed by atoms with Crippen molar-refractivity contribution in [3.8, 4) is 0 Å². The monoisotopic (exact) mass is 499 g/mol. The minimum atomic E-state index is -0.540. The quantitative estimate of drug-likeness (QED) is 0.311. The van der Waals surface area contributed by atoms with Crippen molar-refractivity contribution in [3.63, 3.8) is 0 Å². The van der Waals surface area contributed by atoms with Gasteiger partial charge in [-0.1, -0.05) is 67.4 Å². The number of amides is 1. The maximum atomic E-state index is 14.2. The van der Waals surface area contributed by atoms with Gasteiger partial charge in [0.2, 0.25) is 5.91 Å². The van der Waals surface area contributed by atoms with Crippen molar-refractivity contribution in [2.45, 2.75) is 64.0 Å². The van der Waals surface area contributed by atoms with Crippen LogP contribution in [0.4, 0.5) is 0 Å². The molecule has 1 heterocycles. The van der Waals surface area contributed by atoms with Crippen molar-refractivity contribution in [1.82, 2.24) is 4.90 Å². The van der Waals surface area contributed by atoms with E-state index in [1.54, 1.807) is 0 Å². The fourth-order valence-corrected chi connectivity index (χ4v) is 5.66. The topological polar surface area (TPSA) is 29.5 Å². The third-order valence-electron chi connectivity index (χ3n) is 7.41. The summed E-state index contributed by atoms with van der Waals surface area (Å²) in [5.74, 6) is 0.944. The second kappa shape index (κ2) is 10.8. The van der Waals surface area contributed by atoms with Gasteiger partial charge in [0.1, 0.15) is 0 Å². The van der Waals surface area contributed by atoms with E-state index >= 15 is 0 Å². The Kier molecular flexibility index (Phi) is 8.07. The third-order valence-corrected chi connectivity index (χ3v) is 7.90. The molecular weight excluding hydrogens is 465 g/mol. The summed E-state index contributed by atoms with van der Waals surface area (Å²) in [4.78, 5) is 16.3. The second-order valence-corrected chi connectivity index (χ2v) is 11.0. The van der Waals surface area contributed by atoms with Crippen LogP contribution in [0.5, 0.6) is 0 Å². The maximum Gasteiger partial charge on any atom is 0.229 e. The molecule has 5 heteroatoms. The van der Waals surface area contributed by atoms with Gasteiger partial charge >= 0.3 is 0 Å². The van der Waals surface area contributed by atoms with Crippen LogP contribution in [0.2, 0.25) is 10.0 Å². The van der Waals surface area contributed by atoms with E-state index in [0.29, 0.717) is 29.0 Å². The Morgan fingerprint density at radius 3 is 2.50 bits per heavy atom. The Balaban J connectivity index is 1.79. The van der Waals surface area contributed by atoms with Gasteiger partial charge in [-0.15, -0.1) is 6.58 Å². The first-order valence-electron chi connectivity index (χ1n) is 12.4. The lowest BCUT2D eigenvalue weighted by atomic mass is 9.67. The molecule has 0 N–H and O–H groups in total. The van der Waals surface area contributed by atoms with Crippen LogP contribution >= 0.6 is 23.2 Å². The second-order valence-electron chi connectivity index (χ2n) is 10.2. The first-order valence-corrected chi connectivity index (χ1v) is 13.1. The van der Waals surface area contributed by atoms with Crippen LogP contribution in [-0.4, -0.2) is 30.1 Å². The summed E-state index contributed by atoms with van der Waals surface area (Å²) < 4.78 is 6.15. The van der Waals surface area contributed by atoms with E-state index in [9.17, 15) is 4.79 Å². The summed E-state index contributed by atoms with van der Waals surface area (Å²) in [6, 6.07) is 15.9. The molecule has 2 fully saturated rings. The molecule has 1 amide bonds. The smallest absolute Gasteiger partial charge is 0.229 e. The van der Waals surface area contributed by atoms with Crippen LogP contribution in [0.25, 0.3) is 0 Å². The standard InChI is InChI=1S/C29H35Cl2NO2/c1-4-15-29(3)17-26(22-7-6-8-24(31)16-22)27(21-11-13-23(30)14-12-21)32(28(29)33)25(5-2)19-34-18-20-9-10-20/h4,6-8,11-14,16,20,25-27H,1,5,9-10,15,17-19H2,2-3H3/t25-,26+,27?,29-/m0/s1. The van der Waals surface area contributed by atoms with Crippen molar-refractivity contribution in [2.75, 3.05) is 13.2 Å². The summed E-state index contributed by atoms with van der Waals surface area (Å²) in [6.45, 7) is 9.53. The van der Waals surface area contributed by atoms with E-state index in [2.05, 4.69) is 43.5 Å². The third kappa shape index (κ3) is 5.53. The molecule has 1 aliphatic heterocycles. The Morgan fingerprint density at radius 1 is 1.15 bits per heavy atom. The number of allylic oxidation sites excluding steroid dienone is 1. The molecule has 0 radical (unpaired) electrons. The molecule has 4 rings (SSSR count). The van der Waals surface area contributed by atoms with E-state index < -0.39 is 5.41 Å². The summed E-state index contributed by atoms with van der Waals surface area (Å²) in [5, 5.41) is 1.40. The predicted molar refractivity (Wildman–Crippen MR) is 140 cm³/mol. The number of ether oxygens (including phenoxy) is 1. The van der Waals surface area contributed by atoms with Gasteiger partial charge in [-0.2, -0.15) is 0 Å². The van der Waals surface area contributed by atoms with Gasteiger partial charge in [-0.25, -0.2) is 0 Å². The molecule has 0 bridgehead atoms. The minimum Gasteiger partial charge on any atom is -0.379 e. The zero-order chi connectivity index (χ0) is 24.3. The van der Waals surface area contributed by atoms with Gasteiger partial charge in [0, 0.05) is 22.6 Å². The summed E-state index contributed by atoms with van der Waals surface area (Å²) in [6.07, 6.45) is 6.56. The highest BCUT2D eigenvalue weighted by Crippen LogP contribution is 2.52. The fourth-order valence-electron chi connectivity index (χ4n) is 5.34. The van der Waals surface area contributed by atoms with Crippen LogP contribution in [0, 0.1) is 11.3 Å². The minimum absolute atomic E-state index is 0.0157. The van der Waals surface area contributed by atoms with E-state index in [1.807, 2.05) is 36.4 Å². The molecule has 0 aromatic heterocycles. The number of rotatable bonds is 10. The largest absolute Gasteiger partial charge is 0.379 e. The van der Waals surface area contributed by atoms with Gasteiger partial charge in [0.15, 0.2) is 0 Å². The number of piperidine rings is 1. The van der Waals surface area contributed by atoms with Crippen LogP contribution in [-0.2, 0) is 9.53 Å². The number of benzene rings is 2. The molecule has 0 spiro atoms. The van der Waals surface area contributed by atoms with E-state index in [4.69, 9.17) is 27.9 Å². The zero-order valence-electron chi connectivity index (χ0n) is 20.2. The average Bonchev–Trinajstić information content (AvgIpc) is 3.64. The van der Waals surface area contributed by atoms with Crippen LogP contribution in [0.3, 0.4) is 0 Å². The Morgan fingerprint density at radius 2 is 1.88 bits per heavy atom. The predicted octanol–water partition coefficient (Wildman–Crippen LogP) is 7.84. The van der Waals surface area contributed by atoms with E-state index in [1.165, 1.54) is 12.8 Å². The van der Waals surface area contributed by atoms with Gasteiger partial charge in [-0.05, 0) is 73.4 Å². The number of carbonyl (C=O) groups is 1. The molecule has 34 heavy (non-hydrogen) atoms. The molecule has 3 nitrogen and oxygen atoms in total. The van der Waals surface area contributed by atoms with Gasteiger partial charge in [0.05, 0.1) is 24.1 Å². The van der Waals surface area contributed by atoms with Crippen molar-refractivity contribution < 1.29 is 9.53 Å². The van der Waals surface area contributed by atoms with Crippen LogP contribution in [0.15, 0.2) is 61.2 Å². The Hall–Kier alpha value is -1.81. The van der Waals surface area contributed by atoms with Crippen molar-refractivity contribution >= 4 is 29.1 Å². The molecular formula is C29H35Cl2NO2. The van der Waals surface area contributed by atoms with Crippen molar-refractivity contribution in [3.05, 3.63) is 82.4 Å². The fraction of sp³-hybridized carbons (Fsp3) is 0.483. The van der Waals surface area contributed by atoms with E-state index in [0.717, 1.165) is 30.6 Å². The molecule has 1 saturated heterocycles. The number of hydrogen-bond acceptors (Lipinski definition) is 2. The lowest BCUT2D eigenvalue weighted by Crippen LogP contribution is -2.56. The highest BCUT2D eigenvalue weighted by molar-refractivity contribution is 6.30. The highest BCUT2D eigenvalue weighted by atomic mass is 35.5. The van der Waals surface area contributed by atoms with Crippen molar-refractivity contribution in [2.24, 2.45) is 11.3 Å². The highest BCUT2D eigenvalue weighted by Gasteiger charge is 2.50. The average molecular weight is 501 g/mol. The van der Waals surface area contributed by atoms with Gasteiger partial charge < -0.3 is 9.64 Å². The number of hydrogen-bond donors (Lipinski definition) is 0. The van der Waals surface area contributed by atoms with Crippen LogP contribution in [0.1, 0.15) is 69.0 Å². The molecule has 4 atom stereocenters. The molecule has 1 unspecified atom stereocenters. The van der Waals surface area contributed by atoms with E-state index in [-0.39, 0.29) is 23.9 Å². The van der Waals surface area contributed by atoms with Gasteiger partial charge in [0.25, 0.3) is 0 Å². The molecule has 2 aromatic rings. The summed E-state index contributed by atoms with van der Waals surface area (Å²) in [5.41, 5.74) is 1.69. The maximum absolute atomic E-state index is 14.2. The summed E-state index contributed by atoms with van der Waals surface area (Å²) >= 11 is 12.7. The number of likely N-dealkylation sites (tertiary alicyclic amines) is 1. The first kappa shape index (κ1) is 25.3. The Labute approximate surface area is 214 Å². The Bertz CT molecular complexity index is 1000. The van der Waals surface area contributed by atoms with Crippen molar-refractivity contribution in [1.29, 1.82) is 0 Å². The molecule has 1 aliphatic carbocycles. The van der Waals surface area contributed by atoms with Gasteiger partial charge in [-0.3, -0.25) is 4.79 Å². The molecule has 1 saturated carbocycles. The molecule has 2 aromatic carbocycles. The van der Waals surface area contributed by atoms with Crippen LogP contribution < -0.4 is 0 Å². The molecule has 2 aliphatic rings. The lowest BCUT2D eigenvalue weighted by molar-refractivity contribution is -0.156. The first-order chi connectivity index (χ1) is 16.4. The zero-order valence-corrected chi connectivity index (χ0v) is 21.7. The normalized spacial score (nSPS) is 25.9.